The van der Waals surface area contributed by atoms with Gasteiger partial charge in [0.15, 0.2) is 0 Å². The molecule has 1 aliphatic carbocycles. The van der Waals surface area contributed by atoms with Crippen LogP contribution in [0, 0.1) is 0 Å². The van der Waals surface area contributed by atoms with Gasteiger partial charge in [-0.25, -0.2) is 9.97 Å². The Morgan fingerprint density at radius 3 is 1.52 bits per heavy atom. The third kappa shape index (κ3) is 5.30. The first-order valence-corrected chi connectivity index (χ1v) is 19.3. The number of allylic oxidation sites excluding steroid dienone is 4. The van der Waals surface area contributed by atoms with E-state index in [0.29, 0.717) is 5.95 Å². The maximum Gasteiger partial charge on any atom is 0.235 e. The smallest absolute Gasteiger partial charge is 0.235 e. The number of benzene rings is 7. The van der Waals surface area contributed by atoms with Gasteiger partial charge in [-0.1, -0.05) is 182 Å². The zero-order chi connectivity index (χ0) is 37.0. The summed E-state index contributed by atoms with van der Waals surface area (Å²) in [6.07, 6.45) is 5.71. The minimum atomic E-state index is 0.0290. The Morgan fingerprint density at radius 2 is 0.911 bits per heavy atom. The molecule has 0 aliphatic heterocycles. The van der Waals surface area contributed by atoms with Crippen LogP contribution in [-0.4, -0.2) is 19.1 Å². The lowest BCUT2D eigenvalue weighted by Crippen LogP contribution is -2.12. The highest BCUT2D eigenvalue weighted by atomic mass is 15.2. The molecule has 1 atom stereocenters. The lowest BCUT2D eigenvalue weighted by molar-refractivity contribution is 0.659. The zero-order valence-corrected chi connectivity index (χ0v) is 30.6. The summed E-state index contributed by atoms with van der Waals surface area (Å²) in [5.41, 5.74) is 13.4. The van der Waals surface area contributed by atoms with Crippen LogP contribution in [0.25, 0.3) is 83.2 Å². The van der Waals surface area contributed by atoms with Crippen molar-refractivity contribution in [3.63, 3.8) is 0 Å². The Kier molecular flexibility index (Phi) is 7.59. The van der Waals surface area contributed by atoms with E-state index in [1.807, 2.05) is 12.1 Å². The van der Waals surface area contributed by atoms with Crippen LogP contribution in [-0.2, 0) is 0 Å². The number of rotatable bonds is 6. The van der Waals surface area contributed by atoms with Gasteiger partial charge in [-0.2, -0.15) is 0 Å². The van der Waals surface area contributed by atoms with Gasteiger partial charge in [0.1, 0.15) is 0 Å². The number of para-hydroxylation sites is 2. The first-order valence-electron chi connectivity index (χ1n) is 19.3. The fourth-order valence-electron chi connectivity index (χ4n) is 8.75. The number of aromatic nitrogens is 4. The van der Waals surface area contributed by atoms with Gasteiger partial charge < -0.3 is 4.57 Å². The monoisotopic (exact) mass is 716 g/mol. The van der Waals surface area contributed by atoms with Crippen molar-refractivity contribution in [2.75, 3.05) is 0 Å². The summed E-state index contributed by atoms with van der Waals surface area (Å²) in [5.74, 6) is 0.648. The van der Waals surface area contributed by atoms with Crippen LogP contribution in [0.5, 0.6) is 0 Å². The topological polar surface area (TPSA) is 35.6 Å². The van der Waals surface area contributed by atoms with Crippen LogP contribution in [0.3, 0.4) is 0 Å². The molecule has 0 N–H and O–H groups in total. The van der Waals surface area contributed by atoms with Gasteiger partial charge in [0, 0.05) is 38.2 Å². The molecule has 0 amide bonds. The molecule has 264 valence electrons. The van der Waals surface area contributed by atoms with Gasteiger partial charge in [0.05, 0.1) is 34.0 Å². The van der Waals surface area contributed by atoms with Crippen molar-refractivity contribution in [2.45, 2.75) is 12.5 Å². The van der Waals surface area contributed by atoms with Gasteiger partial charge in [-0.3, -0.25) is 4.57 Å². The average Bonchev–Trinajstić information content (AvgIpc) is 3.81. The molecule has 7 aromatic carbocycles. The number of fused-ring (bicyclic) bond motifs is 7. The van der Waals surface area contributed by atoms with Gasteiger partial charge in [-0.05, 0) is 46.9 Å². The summed E-state index contributed by atoms with van der Waals surface area (Å²) in [4.78, 5) is 10.8. The predicted molar refractivity (Wildman–Crippen MR) is 233 cm³/mol. The van der Waals surface area contributed by atoms with Crippen LogP contribution in [0.1, 0.15) is 23.6 Å². The first-order chi connectivity index (χ1) is 27.8. The van der Waals surface area contributed by atoms with Crippen LogP contribution in [0.2, 0.25) is 0 Å². The molecule has 0 radical (unpaired) electrons. The minimum Gasteiger partial charge on any atom is -0.331 e. The SMILES string of the molecule is C1=C(c2ccccc2)C=C(c2ccccc2)CC1n1c2ccccc2c2ccc3c4ccccc4n(-c4nc(-c5ccccc5)cc(-c5ccccc5)n4)c3c21. The molecule has 10 aromatic rings. The summed E-state index contributed by atoms with van der Waals surface area (Å²) in [5, 5.41) is 4.79. The molecular weight excluding hydrogens is 681 g/mol. The molecule has 4 heteroatoms. The Labute approximate surface area is 325 Å². The normalized spacial score (nSPS) is 14.4. The third-order valence-electron chi connectivity index (χ3n) is 11.3. The van der Waals surface area contributed by atoms with E-state index in [2.05, 4.69) is 197 Å². The van der Waals surface area contributed by atoms with Crippen LogP contribution < -0.4 is 0 Å². The summed E-state index contributed by atoms with van der Waals surface area (Å²) >= 11 is 0. The standard InChI is InChI=1S/C52H36N4/c1-5-17-35(18-6-1)39-31-40(36-19-7-2-8-20-36)33-41(32-39)55-48-27-15-13-25-42(48)44-29-30-45-43-26-14-16-28-49(43)56(51(45)50(44)55)52-53-46(37-21-9-3-10-22-37)34-47(54-52)38-23-11-4-12-24-38/h1-32,34,41H,33H2. The van der Waals surface area contributed by atoms with Crippen molar-refractivity contribution in [3.8, 4) is 28.5 Å². The number of hydrogen-bond donors (Lipinski definition) is 0. The first kappa shape index (κ1) is 32.2. The molecule has 4 nitrogen and oxygen atoms in total. The van der Waals surface area contributed by atoms with Gasteiger partial charge in [-0.15, -0.1) is 0 Å². The predicted octanol–water partition coefficient (Wildman–Crippen LogP) is 13.1. The molecule has 0 spiro atoms. The van der Waals surface area contributed by atoms with E-state index >= 15 is 0 Å². The van der Waals surface area contributed by atoms with Gasteiger partial charge >= 0.3 is 0 Å². The molecule has 0 saturated carbocycles. The zero-order valence-electron chi connectivity index (χ0n) is 30.6. The van der Waals surface area contributed by atoms with Crippen molar-refractivity contribution < 1.29 is 0 Å². The Hall–Kier alpha value is -7.30. The van der Waals surface area contributed by atoms with E-state index in [9.17, 15) is 0 Å². The Balaban J connectivity index is 1.25. The van der Waals surface area contributed by atoms with Crippen molar-refractivity contribution in [2.24, 2.45) is 0 Å². The maximum absolute atomic E-state index is 5.40. The van der Waals surface area contributed by atoms with Crippen molar-refractivity contribution >= 4 is 54.8 Å². The molecule has 0 fully saturated rings. The van der Waals surface area contributed by atoms with Crippen molar-refractivity contribution in [3.05, 3.63) is 211 Å². The van der Waals surface area contributed by atoms with E-state index in [1.165, 1.54) is 54.9 Å². The molecule has 3 heterocycles. The van der Waals surface area contributed by atoms with Crippen LogP contribution in [0.15, 0.2) is 200 Å². The van der Waals surface area contributed by atoms with E-state index in [4.69, 9.17) is 9.97 Å². The van der Waals surface area contributed by atoms with E-state index in [0.717, 1.165) is 40.0 Å². The van der Waals surface area contributed by atoms with Gasteiger partial charge in [0.2, 0.25) is 5.95 Å². The highest BCUT2D eigenvalue weighted by Crippen LogP contribution is 2.45. The second-order valence-corrected chi connectivity index (χ2v) is 14.6. The van der Waals surface area contributed by atoms with Gasteiger partial charge in [0.25, 0.3) is 0 Å². The molecule has 1 unspecified atom stereocenters. The molecule has 0 bridgehead atoms. The molecular formula is C52H36N4. The minimum absolute atomic E-state index is 0.0290. The second-order valence-electron chi connectivity index (χ2n) is 14.6. The summed E-state index contributed by atoms with van der Waals surface area (Å²) < 4.78 is 4.92. The summed E-state index contributed by atoms with van der Waals surface area (Å²) in [6.45, 7) is 0. The molecule has 1 aliphatic rings. The highest BCUT2D eigenvalue weighted by Gasteiger charge is 2.27. The van der Waals surface area contributed by atoms with Crippen molar-refractivity contribution in [1.82, 2.24) is 19.1 Å². The second kappa shape index (κ2) is 13.2. The quantitative estimate of drug-likeness (QED) is 0.172. The fourth-order valence-corrected chi connectivity index (χ4v) is 8.75. The average molecular weight is 717 g/mol. The van der Waals surface area contributed by atoms with Crippen LogP contribution >= 0.6 is 0 Å². The van der Waals surface area contributed by atoms with Crippen molar-refractivity contribution in [1.29, 1.82) is 0 Å². The third-order valence-corrected chi connectivity index (χ3v) is 11.3. The number of nitrogens with zero attached hydrogens (tertiary/aromatic N) is 4. The fraction of sp³-hybridized carbons (Fsp3) is 0.0385. The largest absolute Gasteiger partial charge is 0.331 e. The summed E-state index contributed by atoms with van der Waals surface area (Å²) in [7, 11) is 0. The highest BCUT2D eigenvalue weighted by molar-refractivity contribution is 6.23. The summed E-state index contributed by atoms with van der Waals surface area (Å²) in [6, 6.07) is 66.9. The molecule has 11 rings (SSSR count). The van der Waals surface area contributed by atoms with E-state index < -0.39 is 0 Å². The van der Waals surface area contributed by atoms with E-state index in [1.54, 1.807) is 0 Å². The maximum atomic E-state index is 5.40. The molecule has 0 saturated heterocycles. The Bertz CT molecular complexity index is 3080. The van der Waals surface area contributed by atoms with Crippen LogP contribution in [0.4, 0.5) is 0 Å². The number of hydrogen-bond acceptors (Lipinski definition) is 2. The molecule has 3 aromatic heterocycles. The molecule has 56 heavy (non-hydrogen) atoms. The van der Waals surface area contributed by atoms with E-state index in [-0.39, 0.29) is 6.04 Å². The lowest BCUT2D eigenvalue weighted by Gasteiger charge is -2.26. The Morgan fingerprint density at radius 1 is 0.429 bits per heavy atom. The lowest BCUT2D eigenvalue weighted by atomic mass is 9.88.